The molecule has 0 saturated carbocycles. The van der Waals surface area contributed by atoms with E-state index in [1.54, 1.807) is 4.68 Å². The summed E-state index contributed by atoms with van der Waals surface area (Å²) in [5.74, 6) is 0.473. The second kappa shape index (κ2) is 2.86. The molecule has 0 saturated heterocycles. The highest BCUT2D eigenvalue weighted by molar-refractivity contribution is 14.1. The van der Waals surface area contributed by atoms with Crippen LogP contribution in [0.2, 0.25) is 0 Å². The standard InChI is InChI=1S/C6H10IN3/c1-4(2)5-6(7)10(3)9-8-5/h4H,1-3H3. The van der Waals surface area contributed by atoms with Gasteiger partial charge in [0.15, 0.2) is 0 Å². The quantitative estimate of drug-likeness (QED) is 0.709. The first-order valence-corrected chi connectivity index (χ1v) is 4.26. The molecule has 0 radical (unpaired) electrons. The van der Waals surface area contributed by atoms with E-state index in [9.17, 15) is 0 Å². The second-order valence-electron chi connectivity index (χ2n) is 2.54. The van der Waals surface area contributed by atoms with Gasteiger partial charge in [0.25, 0.3) is 0 Å². The molecule has 0 aromatic carbocycles. The Bertz CT molecular complexity index is 229. The van der Waals surface area contributed by atoms with Crippen LogP contribution in [0.25, 0.3) is 0 Å². The van der Waals surface area contributed by atoms with Gasteiger partial charge >= 0.3 is 0 Å². The lowest BCUT2D eigenvalue weighted by Gasteiger charge is -1.97. The molecule has 0 aliphatic heterocycles. The van der Waals surface area contributed by atoms with Gasteiger partial charge < -0.3 is 0 Å². The summed E-state index contributed by atoms with van der Waals surface area (Å²) in [6.07, 6.45) is 0. The maximum Gasteiger partial charge on any atom is 0.122 e. The van der Waals surface area contributed by atoms with Crippen molar-refractivity contribution in [2.45, 2.75) is 19.8 Å². The Kier molecular flexibility index (Phi) is 2.28. The minimum absolute atomic E-state index is 0.473. The van der Waals surface area contributed by atoms with Crippen LogP contribution in [-0.4, -0.2) is 15.0 Å². The van der Waals surface area contributed by atoms with E-state index in [2.05, 4.69) is 46.8 Å². The Labute approximate surface area is 73.9 Å². The van der Waals surface area contributed by atoms with Crippen LogP contribution in [0.4, 0.5) is 0 Å². The van der Waals surface area contributed by atoms with Crippen LogP contribution in [0.5, 0.6) is 0 Å². The summed E-state index contributed by atoms with van der Waals surface area (Å²) in [5.41, 5.74) is 1.09. The number of aryl methyl sites for hydroxylation is 1. The summed E-state index contributed by atoms with van der Waals surface area (Å²) < 4.78 is 2.92. The number of hydrogen-bond acceptors (Lipinski definition) is 2. The third kappa shape index (κ3) is 1.31. The summed E-state index contributed by atoms with van der Waals surface area (Å²) in [4.78, 5) is 0. The van der Waals surface area contributed by atoms with Gasteiger partial charge in [-0.25, -0.2) is 4.68 Å². The van der Waals surface area contributed by atoms with Crippen molar-refractivity contribution in [2.75, 3.05) is 0 Å². The zero-order valence-corrected chi connectivity index (χ0v) is 8.45. The molecular formula is C6H10IN3. The molecule has 0 bridgehead atoms. The number of rotatable bonds is 1. The van der Waals surface area contributed by atoms with E-state index in [4.69, 9.17) is 0 Å². The van der Waals surface area contributed by atoms with E-state index in [0.717, 1.165) is 9.39 Å². The fraction of sp³-hybridized carbons (Fsp3) is 0.667. The molecule has 0 unspecified atom stereocenters. The lowest BCUT2D eigenvalue weighted by atomic mass is 10.2. The second-order valence-corrected chi connectivity index (χ2v) is 3.57. The summed E-state index contributed by atoms with van der Waals surface area (Å²) in [6, 6.07) is 0. The first-order chi connectivity index (χ1) is 4.63. The van der Waals surface area contributed by atoms with Gasteiger partial charge in [0, 0.05) is 13.0 Å². The van der Waals surface area contributed by atoms with Gasteiger partial charge in [0.1, 0.15) is 3.70 Å². The number of hydrogen-bond donors (Lipinski definition) is 0. The van der Waals surface area contributed by atoms with Gasteiger partial charge in [0.05, 0.1) is 5.69 Å². The minimum atomic E-state index is 0.473. The molecule has 0 amide bonds. The average Bonchev–Trinajstić information content (AvgIpc) is 2.14. The summed E-state index contributed by atoms with van der Waals surface area (Å²) in [5, 5.41) is 7.92. The van der Waals surface area contributed by atoms with Gasteiger partial charge in [-0.15, -0.1) is 5.10 Å². The number of halogens is 1. The van der Waals surface area contributed by atoms with Crippen molar-refractivity contribution in [3.05, 3.63) is 9.39 Å². The predicted molar refractivity (Wildman–Crippen MR) is 47.8 cm³/mol. The Morgan fingerprint density at radius 1 is 1.50 bits per heavy atom. The van der Waals surface area contributed by atoms with Crippen LogP contribution in [0.3, 0.4) is 0 Å². The topological polar surface area (TPSA) is 30.7 Å². The Hall–Kier alpha value is -0.130. The Balaban J connectivity index is 3.05. The molecule has 1 rings (SSSR count). The molecular weight excluding hydrogens is 241 g/mol. The van der Waals surface area contributed by atoms with E-state index in [1.807, 2.05) is 7.05 Å². The van der Waals surface area contributed by atoms with Crippen LogP contribution in [0, 0.1) is 3.70 Å². The molecule has 0 spiro atoms. The monoisotopic (exact) mass is 251 g/mol. The highest BCUT2D eigenvalue weighted by atomic mass is 127. The SMILES string of the molecule is CC(C)c1nnn(C)c1I. The van der Waals surface area contributed by atoms with Crippen LogP contribution in [-0.2, 0) is 7.05 Å². The third-order valence-electron chi connectivity index (χ3n) is 1.33. The minimum Gasteiger partial charge on any atom is -0.242 e. The van der Waals surface area contributed by atoms with Crippen molar-refractivity contribution in [1.82, 2.24) is 15.0 Å². The van der Waals surface area contributed by atoms with Crippen LogP contribution >= 0.6 is 22.6 Å². The van der Waals surface area contributed by atoms with Gasteiger partial charge in [-0.05, 0) is 22.6 Å². The van der Waals surface area contributed by atoms with Crippen molar-refractivity contribution in [1.29, 1.82) is 0 Å². The van der Waals surface area contributed by atoms with E-state index in [0.29, 0.717) is 5.92 Å². The molecule has 3 nitrogen and oxygen atoms in total. The van der Waals surface area contributed by atoms with E-state index in [1.165, 1.54) is 0 Å². The number of aromatic nitrogens is 3. The highest BCUT2D eigenvalue weighted by Crippen LogP contribution is 2.16. The van der Waals surface area contributed by atoms with Gasteiger partial charge in [-0.1, -0.05) is 19.1 Å². The number of nitrogens with zero attached hydrogens (tertiary/aromatic N) is 3. The fourth-order valence-electron chi connectivity index (χ4n) is 0.715. The van der Waals surface area contributed by atoms with Crippen LogP contribution in [0.1, 0.15) is 25.5 Å². The average molecular weight is 251 g/mol. The maximum atomic E-state index is 4.02. The first kappa shape index (κ1) is 7.97. The first-order valence-electron chi connectivity index (χ1n) is 3.18. The highest BCUT2D eigenvalue weighted by Gasteiger charge is 2.09. The van der Waals surface area contributed by atoms with Crippen molar-refractivity contribution in [2.24, 2.45) is 7.05 Å². The Morgan fingerprint density at radius 2 is 2.10 bits per heavy atom. The van der Waals surface area contributed by atoms with Gasteiger partial charge in [0.2, 0.25) is 0 Å². The van der Waals surface area contributed by atoms with Crippen LogP contribution < -0.4 is 0 Å². The van der Waals surface area contributed by atoms with E-state index >= 15 is 0 Å². The van der Waals surface area contributed by atoms with Gasteiger partial charge in [-0.2, -0.15) is 0 Å². The normalized spacial score (nSPS) is 10.9. The predicted octanol–water partition coefficient (Wildman–Crippen LogP) is 1.54. The zero-order chi connectivity index (χ0) is 7.72. The maximum absolute atomic E-state index is 4.02. The van der Waals surface area contributed by atoms with Crippen molar-refractivity contribution in [3.63, 3.8) is 0 Å². The molecule has 4 heteroatoms. The molecule has 0 fully saturated rings. The summed E-state index contributed by atoms with van der Waals surface area (Å²) in [6.45, 7) is 4.23. The third-order valence-corrected chi connectivity index (χ3v) is 2.58. The lowest BCUT2D eigenvalue weighted by molar-refractivity contribution is 0.699. The Morgan fingerprint density at radius 3 is 2.30 bits per heavy atom. The molecule has 1 aromatic rings. The molecule has 1 aromatic heterocycles. The van der Waals surface area contributed by atoms with E-state index in [-0.39, 0.29) is 0 Å². The molecule has 0 aliphatic rings. The summed E-state index contributed by atoms with van der Waals surface area (Å²) in [7, 11) is 1.90. The molecule has 0 N–H and O–H groups in total. The molecule has 56 valence electrons. The summed E-state index contributed by atoms with van der Waals surface area (Å²) >= 11 is 2.25. The molecule has 0 aliphatic carbocycles. The van der Waals surface area contributed by atoms with Crippen molar-refractivity contribution >= 4 is 22.6 Å². The smallest absolute Gasteiger partial charge is 0.122 e. The zero-order valence-electron chi connectivity index (χ0n) is 6.30. The van der Waals surface area contributed by atoms with Crippen molar-refractivity contribution < 1.29 is 0 Å². The van der Waals surface area contributed by atoms with Crippen molar-refractivity contribution in [3.8, 4) is 0 Å². The van der Waals surface area contributed by atoms with Gasteiger partial charge in [-0.3, -0.25) is 0 Å². The molecule has 1 heterocycles. The molecule has 10 heavy (non-hydrogen) atoms. The van der Waals surface area contributed by atoms with Crippen LogP contribution in [0.15, 0.2) is 0 Å². The van der Waals surface area contributed by atoms with E-state index < -0.39 is 0 Å². The fourth-order valence-corrected chi connectivity index (χ4v) is 1.54. The largest absolute Gasteiger partial charge is 0.242 e. The molecule has 0 atom stereocenters. The lowest BCUT2D eigenvalue weighted by Crippen LogP contribution is -1.94.